The molecule has 0 aliphatic carbocycles. The van der Waals surface area contributed by atoms with Crippen molar-refractivity contribution in [1.29, 1.82) is 0 Å². The van der Waals surface area contributed by atoms with Gasteiger partial charge in [-0.05, 0) is 35.4 Å². The lowest BCUT2D eigenvalue weighted by molar-refractivity contribution is -0.695. The Hall–Kier alpha value is -4.34. The number of ether oxygens (including phenoxy) is 3. The molecule has 1 amide bonds. The summed E-state index contributed by atoms with van der Waals surface area (Å²) in [5, 5.41) is 13.5. The number of likely N-dealkylation sites (tertiary alicyclic amines) is 1. The molecule has 1 saturated heterocycles. The van der Waals surface area contributed by atoms with E-state index in [4.69, 9.17) is 14.2 Å². The highest BCUT2D eigenvalue weighted by Crippen LogP contribution is 2.45. The van der Waals surface area contributed by atoms with Gasteiger partial charge in [0.1, 0.15) is 12.4 Å². The second-order valence-electron chi connectivity index (χ2n) is 7.87. The number of aromatic nitrogens is 3. The van der Waals surface area contributed by atoms with Crippen molar-refractivity contribution in [2.45, 2.75) is 19.0 Å². The number of imidazole rings is 1. The van der Waals surface area contributed by atoms with Crippen molar-refractivity contribution in [3.8, 4) is 17.2 Å². The highest BCUT2D eigenvalue weighted by molar-refractivity contribution is 6.46. The Bertz CT molecular complexity index is 1220. The molecule has 10 heteroatoms. The molecule has 0 saturated carbocycles. The third-order valence-electron chi connectivity index (χ3n) is 5.89. The summed E-state index contributed by atoms with van der Waals surface area (Å²) in [5.74, 6) is -0.988. The number of hydrogen-bond donors (Lipinski definition) is 1. The maximum Gasteiger partial charge on any atom is 0.295 e. The molecule has 3 aromatic rings. The van der Waals surface area contributed by atoms with Crippen LogP contribution in [0.1, 0.15) is 23.6 Å². The van der Waals surface area contributed by atoms with Crippen LogP contribution in [0, 0.1) is 0 Å². The van der Waals surface area contributed by atoms with Gasteiger partial charge >= 0.3 is 0 Å². The van der Waals surface area contributed by atoms with Crippen molar-refractivity contribution in [1.82, 2.24) is 14.9 Å². The highest BCUT2D eigenvalue weighted by atomic mass is 16.5. The van der Waals surface area contributed by atoms with Crippen LogP contribution in [0.3, 0.4) is 0 Å². The fraction of sp³-hybridized carbons (Fsp3) is 0.280. The number of methoxy groups -OCH3 is 3. The van der Waals surface area contributed by atoms with Gasteiger partial charge in [-0.2, -0.15) is 0 Å². The molecule has 2 aromatic heterocycles. The Morgan fingerprint density at radius 3 is 2.37 bits per heavy atom. The van der Waals surface area contributed by atoms with Gasteiger partial charge in [0.25, 0.3) is 5.91 Å². The molecule has 1 aromatic carbocycles. The van der Waals surface area contributed by atoms with Gasteiger partial charge in [-0.15, -0.1) is 0 Å². The monoisotopic (exact) mass is 478 g/mol. The standard InChI is InChI=1S/C25H26N4O6/c1-33-18-13-17(14-19(34-2)24(18)35-3)21-20(22(30)16-5-7-26-8-6-16)23(31)25(32)29(21)11-4-10-28-12-9-27-15-28/h5-9,12-15,21H,4,10-11H2,1-3H3,(H,30,31). The average molecular weight is 479 g/mol. The first-order valence-electron chi connectivity index (χ1n) is 11.0. The second kappa shape index (κ2) is 10.3. The summed E-state index contributed by atoms with van der Waals surface area (Å²) in [7, 11) is 4.44. The largest absolute Gasteiger partial charge is 0.872 e. The van der Waals surface area contributed by atoms with Crippen molar-refractivity contribution in [3.05, 3.63) is 72.1 Å². The molecule has 10 nitrogen and oxygen atoms in total. The Morgan fingerprint density at radius 2 is 1.80 bits per heavy atom. The molecule has 35 heavy (non-hydrogen) atoms. The van der Waals surface area contributed by atoms with E-state index >= 15 is 0 Å². The Balaban J connectivity index is 1.82. The van der Waals surface area contributed by atoms with E-state index < -0.39 is 23.5 Å². The van der Waals surface area contributed by atoms with Crippen LogP contribution in [0.4, 0.5) is 0 Å². The van der Waals surface area contributed by atoms with Gasteiger partial charge in [0.15, 0.2) is 11.5 Å². The minimum atomic E-state index is -0.916. The van der Waals surface area contributed by atoms with E-state index in [1.807, 2.05) is 10.8 Å². The normalized spacial score (nSPS) is 17.0. The SMILES string of the molecule is COc1cc(C2C(=C([O-])c3ccncc3)C(=O)C(=O)N2CCC[n+]2cc[nH]c2)cc(OC)c1OC. The Labute approximate surface area is 202 Å². The quantitative estimate of drug-likeness (QED) is 0.211. The number of Topliss-reactive ketones (excluding diaryl/α,β-unsaturated/α-hetero) is 1. The minimum absolute atomic E-state index is 0.121. The number of ketones is 1. The van der Waals surface area contributed by atoms with Crippen LogP contribution in [0.15, 0.2) is 61.0 Å². The van der Waals surface area contributed by atoms with E-state index in [9.17, 15) is 14.7 Å². The zero-order valence-electron chi connectivity index (χ0n) is 19.7. The summed E-state index contributed by atoms with van der Waals surface area (Å²) in [6.45, 7) is 0.883. The van der Waals surface area contributed by atoms with Crippen molar-refractivity contribution in [2.24, 2.45) is 0 Å². The number of carbonyl (C=O) groups is 2. The number of aromatic amines is 1. The predicted molar refractivity (Wildman–Crippen MR) is 122 cm³/mol. The number of aryl methyl sites for hydroxylation is 1. The lowest BCUT2D eigenvalue weighted by Crippen LogP contribution is -2.36. The van der Waals surface area contributed by atoms with Gasteiger partial charge < -0.3 is 24.2 Å². The maximum absolute atomic E-state index is 13.5. The van der Waals surface area contributed by atoms with Crippen LogP contribution in [0.25, 0.3) is 5.76 Å². The van der Waals surface area contributed by atoms with Gasteiger partial charge in [0.05, 0.1) is 33.9 Å². The summed E-state index contributed by atoms with van der Waals surface area (Å²) in [4.78, 5) is 34.7. The van der Waals surface area contributed by atoms with E-state index in [0.717, 1.165) is 0 Å². The van der Waals surface area contributed by atoms with Gasteiger partial charge in [0, 0.05) is 30.9 Å². The van der Waals surface area contributed by atoms with Crippen molar-refractivity contribution >= 4 is 17.4 Å². The molecule has 3 heterocycles. The van der Waals surface area contributed by atoms with E-state index in [2.05, 4.69) is 9.97 Å². The van der Waals surface area contributed by atoms with Crippen LogP contribution in [0.2, 0.25) is 0 Å². The van der Waals surface area contributed by atoms with E-state index in [-0.39, 0.29) is 17.7 Å². The van der Waals surface area contributed by atoms with Crippen molar-refractivity contribution < 1.29 is 33.5 Å². The number of pyridine rings is 1. The molecule has 0 radical (unpaired) electrons. The van der Waals surface area contributed by atoms with Crippen LogP contribution in [-0.4, -0.2) is 54.4 Å². The Kier molecular flexibility index (Phi) is 7.00. The average Bonchev–Trinajstić information content (AvgIpc) is 3.50. The van der Waals surface area contributed by atoms with E-state index in [1.54, 1.807) is 24.7 Å². The zero-order chi connectivity index (χ0) is 24.9. The molecule has 1 aliphatic rings. The smallest absolute Gasteiger partial charge is 0.295 e. The van der Waals surface area contributed by atoms with Crippen LogP contribution >= 0.6 is 0 Å². The third-order valence-corrected chi connectivity index (χ3v) is 5.89. The summed E-state index contributed by atoms with van der Waals surface area (Å²) in [6.07, 6.45) is 8.97. The number of amides is 1. The summed E-state index contributed by atoms with van der Waals surface area (Å²) in [5.41, 5.74) is 0.661. The van der Waals surface area contributed by atoms with Gasteiger partial charge in [0.2, 0.25) is 17.9 Å². The number of nitrogens with zero attached hydrogens (tertiary/aromatic N) is 3. The predicted octanol–water partition coefficient (Wildman–Crippen LogP) is 1.04. The number of benzene rings is 1. The number of hydrogen-bond acceptors (Lipinski definition) is 7. The summed E-state index contributed by atoms with van der Waals surface area (Å²) >= 11 is 0. The van der Waals surface area contributed by atoms with Crippen molar-refractivity contribution in [2.75, 3.05) is 27.9 Å². The molecule has 1 atom stereocenters. The van der Waals surface area contributed by atoms with E-state index in [0.29, 0.717) is 35.8 Å². The molecule has 0 spiro atoms. The van der Waals surface area contributed by atoms with Gasteiger partial charge in [-0.25, -0.2) is 4.57 Å². The van der Waals surface area contributed by atoms with Gasteiger partial charge in [-0.1, -0.05) is 5.76 Å². The molecular weight excluding hydrogens is 452 g/mol. The van der Waals surface area contributed by atoms with Gasteiger partial charge in [-0.3, -0.25) is 19.6 Å². The molecule has 1 unspecified atom stereocenters. The molecular formula is C25H26N4O6. The highest BCUT2D eigenvalue weighted by Gasteiger charge is 2.44. The molecule has 1 fully saturated rings. The second-order valence-corrected chi connectivity index (χ2v) is 7.87. The third kappa shape index (κ3) is 4.54. The fourth-order valence-electron chi connectivity index (χ4n) is 4.25. The van der Waals surface area contributed by atoms with E-state index in [1.165, 1.54) is 50.8 Å². The first-order valence-corrected chi connectivity index (χ1v) is 11.0. The molecule has 182 valence electrons. The maximum atomic E-state index is 13.5. The first-order chi connectivity index (χ1) is 17.0. The minimum Gasteiger partial charge on any atom is -0.872 e. The topological polar surface area (TPSA) is 121 Å². The zero-order valence-corrected chi connectivity index (χ0v) is 19.7. The lowest BCUT2D eigenvalue weighted by atomic mass is 9.95. The first kappa shape index (κ1) is 23.8. The number of nitrogens with one attached hydrogen (secondary N) is 1. The van der Waals surface area contributed by atoms with Crippen LogP contribution < -0.4 is 23.9 Å². The number of carbonyl (C=O) groups excluding carboxylic acids is 2. The van der Waals surface area contributed by atoms with Crippen LogP contribution in [0.5, 0.6) is 17.2 Å². The summed E-state index contributed by atoms with van der Waals surface area (Å²) in [6, 6.07) is 5.44. The van der Waals surface area contributed by atoms with Crippen molar-refractivity contribution in [3.63, 3.8) is 0 Å². The molecule has 1 aliphatic heterocycles. The lowest BCUT2D eigenvalue weighted by Gasteiger charge is -2.28. The summed E-state index contributed by atoms with van der Waals surface area (Å²) < 4.78 is 18.3. The van der Waals surface area contributed by atoms with Crippen LogP contribution in [-0.2, 0) is 16.1 Å². The number of rotatable bonds is 9. The Morgan fingerprint density at radius 1 is 1.11 bits per heavy atom. The molecule has 1 N–H and O–H groups in total. The number of H-pyrrole nitrogens is 1. The fourth-order valence-corrected chi connectivity index (χ4v) is 4.25. The molecule has 0 bridgehead atoms. The molecule has 4 rings (SSSR count).